The van der Waals surface area contributed by atoms with Gasteiger partial charge < -0.3 is 5.11 Å². The number of nitrogens with zero attached hydrogens (tertiary/aromatic N) is 2. The molecule has 0 spiro atoms. The number of sulfonamides is 1. The summed E-state index contributed by atoms with van der Waals surface area (Å²) in [6.45, 7) is 1.47. The Bertz CT molecular complexity index is 1130. The first-order valence-corrected chi connectivity index (χ1v) is 10.6. The van der Waals surface area contributed by atoms with Crippen LogP contribution in [0, 0.1) is 6.92 Å². The second-order valence-corrected chi connectivity index (χ2v) is 8.35. The van der Waals surface area contributed by atoms with E-state index in [-0.39, 0.29) is 35.7 Å². The molecule has 0 amide bonds. The summed E-state index contributed by atoms with van der Waals surface area (Å²) >= 11 is 0. The van der Waals surface area contributed by atoms with Gasteiger partial charge in [0.15, 0.2) is 5.69 Å². The molecular weight excluding hydrogens is 419 g/mol. The third kappa shape index (κ3) is 4.72. The molecule has 0 saturated carbocycles. The molecule has 160 valence electrons. The predicted octanol–water partition coefficient (Wildman–Crippen LogP) is 3.53. The lowest BCUT2D eigenvalue weighted by Crippen LogP contribution is -2.26. The molecule has 2 N–H and O–H groups in total. The average Bonchev–Trinajstić information content (AvgIpc) is 3.15. The van der Waals surface area contributed by atoms with Crippen LogP contribution in [0.25, 0.3) is 16.9 Å². The second kappa shape index (κ2) is 8.58. The van der Waals surface area contributed by atoms with Crippen LogP contribution in [0.3, 0.4) is 0 Å². The fourth-order valence-electron chi connectivity index (χ4n) is 2.90. The zero-order valence-corrected chi connectivity index (χ0v) is 16.8. The van der Waals surface area contributed by atoms with E-state index in [9.17, 15) is 21.6 Å². The number of aryl methyl sites for hydroxylation is 1. The molecule has 30 heavy (non-hydrogen) atoms. The Labute approximate surface area is 172 Å². The van der Waals surface area contributed by atoms with Crippen LogP contribution in [-0.2, 0) is 16.2 Å². The van der Waals surface area contributed by atoms with Gasteiger partial charge in [0.05, 0.1) is 16.3 Å². The first kappa shape index (κ1) is 22.0. The Hall–Kier alpha value is -2.69. The van der Waals surface area contributed by atoms with Crippen molar-refractivity contribution in [2.75, 3.05) is 13.2 Å². The van der Waals surface area contributed by atoms with Gasteiger partial charge in [-0.1, -0.05) is 30.3 Å². The van der Waals surface area contributed by atoms with Crippen molar-refractivity contribution in [1.29, 1.82) is 0 Å². The summed E-state index contributed by atoms with van der Waals surface area (Å²) < 4.78 is 68.7. The van der Waals surface area contributed by atoms with Crippen molar-refractivity contribution in [3.8, 4) is 16.9 Å². The van der Waals surface area contributed by atoms with Gasteiger partial charge in [-0.05, 0) is 43.2 Å². The Morgan fingerprint density at radius 2 is 1.80 bits per heavy atom. The molecule has 3 aromatic rings. The van der Waals surface area contributed by atoms with Crippen molar-refractivity contribution in [1.82, 2.24) is 14.5 Å². The Morgan fingerprint density at radius 1 is 1.10 bits per heavy atom. The van der Waals surface area contributed by atoms with E-state index in [0.29, 0.717) is 11.3 Å². The van der Waals surface area contributed by atoms with E-state index in [1.807, 2.05) is 0 Å². The highest BCUT2D eigenvalue weighted by molar-refractivity contribution is 7.89. The number of halogens is 3. The summed E-state index contributed by atoms with van der Waals surface area (Å²) in [5.41, 5.74) is 0.161. The van der Waals surface area contributed by atoms with Gasteiger partial charge in [-0.25, -0.2) is 17.8 Å². The van der Waals surface area contributed by atoms with Crippen LogP contribution >= 0.6 is 0 Å². The van der Waals surface area contributed by atoms with Crippen LogP contribution in [0.4, 0.5) is 13.2 Å². The van der Waals surface area contributed by atoms with Gasteiger partial charge in [-0.15, -0.1) is 0 Å². The van der Waals surface area contributed by atoms with Gasteiger partial charge in [-0.3, -0.25) is 0 Å². The molecule has 10 heteroatoms. The number of rotatable bonds is 7. The Balaban J connectivity index is 2.13. The summed E-state index contributed by atoms with van der Waals surface area (Å²) in [6, 6.07) is 13.6. The Morgan fingerprint density at radius 3 is 2.43 bits per heavy atom. The number of aliphatic hydroxyl groups is 1. The third-order valence-corrected chi connectivity index (χ3v) is 6.00. The topological polar surface area (TPSA) is 84.2 Å². The minimum atomic E-state index is -4.65. The molecule has 0 atom stereocenters. The fourth-order valence-corrected chi connectivity index (χ4v) is 4.25. The largest absolute Gasteiger partial charge is 0.435 e. The third-order valence-electron chi connectivity index (χ3n) is 4.40. The number of alkyl halides is 3. The van der Waals surface area contributed by atoms with Crippen molar-refractivity contribution >= 4 is 10.0 Å². The van der Waals surface area contributed by atoms with Crippen molar-refractivity contribution in [2.24, 2.45) is 0 Å². The van der Waals surface area contributed by atoms with E-state index >= 15 is 0 Å². The summed E-state index contributed by atoms with van der Waals surface area (Å²) in [6.07, 6.45) is -4.41. The average molecular weight is 439 g/mol. The number of aliphatic hydroxyl groups excluding tert-OH is 1. The van der Waals surface area contributed by atoms with Gasteiger partial charge in [0, 0.05) is 18.7 Å². The molecule has 0 saturated heterocycles. The lowest BCUT2D eigenvalue weighted by Gasteiger charge is -2.12. The maximum absolute atomic E-state index is 13.3. The highest BCUT2D eigenvalue weighted by atomic mass is 32.2. The summed E-state index contributed by atoms with van der Waals surface area (Å²) in [7, 11) is -3.91. The summed E-state index contributed by atoms with van der Waals surface area (Å²) in [5, 5.41) is 12.6. The van der Waals surface area contributed by atoms with E-state index in [1.54, 1.807) is 43.3 Å². The van der Waals surface area contributed by atoms with Gasteiger partial charge in [0.1, 0.15) is 0 Å². The lowest BCUT2D eigenvalue weighted by atomic mass is 10.1. The zero-order valence-electron chi connectivity index (χ0n) is 16.0. The summed E-state index contributed by atoms with van der Waals surface area (Å²) in [5.74, 6) is 0. The monoisotopic (exact) mass is 439 g/mol. The van der Waals surface area contributed by atoms with E-state index in [0.717, 1.165) is 10.7 Å². The van der Waals surface area contributed by atoms with Crippen molar-refractivity contribution in [3.63, 3.8) is 0 Å². The number of benzene rings is 2. The zero-order chi connectivity index (χ0) is 21.9. The maximum Gasteiger partial charge on any atom is 0.435 e. The first-order valence-electron chi connectivity index (χ1n) is 9.08. The molecule has 3 rings (SSSR count). The fraction of sp³-hybridized carbons (Fsp3) is 0.250. The Kier molecular flexibility index (Phi) is 6.30. The predicted molar refractivity (Wildman–Crippen MR) is 106 cm³/mol. The number of nitrogens with one attached hydrogen (secondary N) is 1. The van der Waals surface area contributed by atoms with Crippen LogP contribution in [0.2, 0.25) is 0 Å². The van der Waals surface area contributed by atoms with Crippen LogP contribution in [-0.4, -0.2) is 36.5 Å². The van der Waals surface area contributed by atoms with Gasteiger partial charge in [0.25, 0.3) is 0 Å². The number of aromatic nitrogens is 2. The van der Waals surface area contributed by atoms with Gasteiger partial charge in [-0.2, -0.15) is 18.3 Å². The van der Waals surface area contributed by atoms with E-state index in [4.69, 9.17) is 5.11 Å². The number of hydrogen-bond donors (Lipinski definition) is 2. The van der Waals surface area contributed by atoms with Crippen molar-refractivity contribution in [2.45, 2.75) is 24.4 Å². The molecule has 0 radical (unpaired) electrons. The second-order valence-electron chi connectivity index (χ2n) is 6.62. The van der Waals surface area contributed by atoms with Gasteiger partial charge >= 0.3 is 6.18 Å². The molecule has 0 aliphatic carbocycles. The normalized spacial score (nSPS) is 12.3. The highest BCUT2D eigenvalue weighted by Crippen LogP contribution is 2.34. The van der Waals surface area contributed by atoms with E-state index in [1.165, 1.54) is 12.1 Å². The number of para-hydroxylation sites is 1. The molecule has 1 heterocycles. The molecule has 0 bridgehead atoms. The molecule has 2 aromatic carbocycles. The lowest BCUT2D eigenvalue weighted by molar-refractivity contribution is -0.141. The summed E-state index contributed by atoms with van der Waals surface area (Å²) in [4.78, 5) is -0.0488. The molecule has 0 unspecified atom stereocenters. The molecule has 1 aromatic heterocycles. The van der Waals surface area contributed by atoms with Crippen LogP contribution in [0.15, 0.2) is 59.5 Å². The standard InChI is InChI=1S/C20H20F3N3O3S/c1-14-8-9-15(12-18(14)30(28,29)24-10-5-11-27)17-13-19(20(21,22)23)25-26(17)16-6-3-2-4-7-16/h2-4,6-9,12-13,24,27H,5,10-11H2,1H3. The van der Waals surface area contributed by atoms with E-state index in [2.05, 4.69) is 9.82 Å². The van der Waals surface area contributed by atoms with Crippen LogP contribution in [0.5, 0.6) is 0 Å². The first-order chi connectivity index (χ1) is 14.1. The molecule has 0 aliphatic heterocycles. The number of hydrogen-bond acceptors (Lipinski definition) is 4. The van der Waals surface area contributed by atoms with Crippen LogP contribution < -0.4 is 4.72 Å². The van der Waals surface area contributed by atoms with Crippen LogP contribution in [0.1, 0.15) is 17.7 Å². The quantitative estimate of drug-likeness (QED) is 0.552. The van der Waals surface area contributed by atoms with Crippen molar-refractivity contribution in [3.05, 3.63) is 65.9 Å². The maximum atomic E-state index is 13.3. The SMILES string of the molecule is Cc1ccc(-c2cc(C(F)(F)F)nn2-c2ccccc2)cc1S(=O)(=O)NCCCO. The minimum Gasteiger partial charge on any atom is -0.396 e. The van der Waals surface area contributed by atoms with E-state index < -0.39 is 21.9 Å². The molecule has 0 fully saturated rings. The van der Waals surface area contributed by atoms with Crippen molar-refractivity contribution < 1.29 is 26.7 Å². The van der Waals surface area contributed by atoms with Gasteiger partial charge in [0.2, 0.25) is 10.0 Å². The minimum absolute atomic E-state index is 0.0443. The smallest absolute Gasteiger partial charge is 0.396 e. The molecule has 0 aliphatic rings. The molecular formula is C20H20F3N3O3S. The highest BCUT2D eigenvalue weighted by Gasteiger charge is 2.35. The molecule has 6 nitrogen and oxygen atoms in total.